The molecule has 0 bridgehead atoms. The number of nitrogens with two attached hydrogens (primary N) is 1. The largest absolute Gasteiger partial charge is 0.500 e. The highest BCUT2D eigenvalue weighted by atomic mass is 28.4. The van der Waals surface area contributed by atoms with Crippen molar-refractivity contribution in [2.45, 2.75) is 58.9 Å². The average Bonchev–Trinajstić information content (AvgIpc) is 2.82. The van der Waals surface area contributed by atoms with Crippen LogP contribution in [0.5, 0.6) is 0 Å². The van der Waals surface area contributed by atoms with Crippen molar-refractivity contribution in [2.24, 2.45) is 11.7 Å². The lowest BCUT2D eigenvalue weighted by molar-refractivity contribution is -0.139. The molecule has 198 valence electrons. The number of hydrogen-bond acceptors (Lipinski definition) is 8. The summed E-state index contributed by atoms with van der Waals surface area (Å²) < 4.78 is 25.5. The minimum Gasteiger partial charge on any atom is -0.463 e. The Morgan fingerprint density at radius 1 is 0.882 bits per heavy atom. The SMILES string of the molecule is C=C(C)C(=O)OCCC[Si](OC)(OC)OC.C=CC(=O)OCCCCCC(C)C.C=CC(N)=O. The quantitative estimate of drug-likeness (QED) is 0.145. The Morgan fingerprint density at radius 3 is 1.76 bits per heavy atom. The van der Waals surface area contributed by atoms with Gasteiger partial charge in [0.2, 0.25) is 5.91 Å². The van der Waals surface area contributed by atoms with Gasteiger partial charge in [-0.1, -0.05) is 52.8 Å². The van der Waals surface area contributed by atoms with Crippen LogP contribution in [-0.4, -0.2) is 61.2 Å². The summed E-state index contributed by atoms with van der Waals surface area (Å²) in [5, 5.41) is 0. The molecule has 0 saturated carbocycles. The monoisotopic (exact) mass is 503 g/mol. The van der Waals surface area contributed by atoms with Crippen LogP contribution in [0.1, 0.15) is 52.9 Å². The number of esters is 2. The van der Waals surface area contributed by atoms with E-state index in [1.807, 2.05) is 0 Å². The van der Waals surface area contributed by atoms with Gasteiger partial charge < -0.3 is 28.5 Å². The van der Waals surface area contributed by atoms with Crippen molar-refractivity contribution in [2.75, 3.05) is 34.5 Å². The lowest BCUT2D eigenvalue weighted by Gasteiger charge is -2.24. The molecule has 0 heterocycles. The first kappa shape index (κ1) is 36.3. The summed E-state index contributed by atoms with van der Waals surface area (Å²) >= 11 is 0. The van der Waals surface area contributed by atoms with E-state index in [4.69, 9.17) is 22.8 Å². The highest BCUT2D eigenvalue weighted by Crippen LogP contribution is 2.15. The van der Waals surface area contributed by atoms with Crippen molar-refractivity contribution < 1.29 is 37.1 Å². The van der Waals surface area contributed by atoms with E-state index in [9.17, 15) is 14.4 Å². The van der Waals surface area contributed by atoms with Crippen molar-refractivity contribution in [1.29, 1.82) is 0 Å². The fraction of sp³-hybridized carbons (Fsp3) is 0.625. The van der Waals surface area contributed by atoms with Crippen LogP contribution in [0, 0.1) is 5.92 Å². The van der Waals surface area contributed by atoms with E-state index < -0.39 is 14.7 Å². The zero-order valence-corrected chi connectivity index (χ0v) is 22.9. The lowest BCUT2D eigenvalue weighted by Crippen LogP contribution is -2.42. The van der Waals surface area contributed by atoms with Crippen LogP contribution in [0.4, 0.5) is 0 Å². The first-order valence-corrected chi connectivity index (χ1v) is 13.1. The fourth-order valence-corrected chi connectivity index (χ4v) is 3.89. The van der Waals surface area contributed by atoms with E-state index in [-0.39, 0.29) is 11.9 Å². The van der Waals surface area contributed by atoms with Gasteiger partial charge in [-0.05, 0) is 31.8 Å². The number of primary amides is 1. The molecule has 0 rings (SSSR count). The molecular formula is C24H45NO8Si. The molecule has 0 aromatic carbocycles. The third kappa shape index (κ3) is 24.4. The molecule has 0 unspecified atom stereocenters. The van der Waals surface area contributed by atoms with Gasteiger partial charge in [0.1, 0.15) is 0 Å². The predicted octanol–water partition coefficient (Wildman–Crippen LogP) is 3.96. The molecule has 10 heteroatoms. The molecule has 1 amide bonds. The number of rotatable bonds is 16. The summed E-state index contributed by atoms with van der Waals surface area (Å²) in [6.07, 6.45) is 7.49. The number of carbonyl (C=O) groups is 3. The second-order valence-electron chi connectivity index (χ2n) is 7.54. The Balaban J connectivity index is -0.000000478. The Labute approximate surface area is 206 Å². The highest BCUT2D eigenvalue weighted by Gasteiger charge is 2.36. The predicted molar refractivity (Wildman–Crippen MR) is 136 cm³/mol. The topological polar surface area (TPSA) is 123 Å². The van der Waals surface area contributed by atoms with Gasteiger partial charge in [-0.15, -0.1) is 0 Å². The van der Waals surface area contributed by atoms with Gasteiger partial charge in [-0.25, -0.2) is 9.59 Å². The average molecular weight is 504 g/mol. The van der Waals surface area contributed by atoms with Gasteiger partial charge in [0.25, 0.3) is 0 Å². The summed E-state index contributed by atoms with van der Waals surface area (Å²) in [6.45, 7) is 16.8. The molecule has 0 aliphatic carbocycles. The summed E-state index contributed by atoms with van der Waals surface area (Å²) in [5.74, 6) is -0.399. The smallest absolute Gasteiger partial charge is 0.463 e. The maximum Gasteiger partial charge on any atom is 0.500 e. The Hall–Kier alpha value is -2.27. The Morgan fingerprint density at radius 2 is 1.38 bits per heavy atom. The van der Waals surface area contributed by atoms with Gasteiger partial charge in [0.05, 0.1) is 13.2 Å². The summed E-state index contributed by atoms with van der Waals surface area (Å²) in [6, 6.07) is 0.611. The van der Waals surface area contributed by atoms with Crippen LogP contribution in [0.2, 0.25) is 6.04 Å². The number of hydrogen-bond donors (Lipinski definition) is 1. The molecule has 0 aliphatic heterocycles. The van der Waals surface area contributed by atoms with Gasteiger partial charge in [0.15, 0.2) is 0 Å². The minimum absolute atomic E-state index is 0.316. The summed E-state index contributed by atoms with van der Waals surface area (Å²) in [4.78, 5) is 31.2. The van der Waals surface area contributed by atoms with Gasteiger partial charge in [-0.2, -0.15) is 0 Å². The van der Waals surface area contributed by atoms with Crippen LogP contribution < -0.4 is 5.73 Å². The highest BCUT2D eigenvalue weighted by molar-refractivity contribution is 6.60. The third-order valence-corrected chi connectivity index (χ3v) is 7.01. The first-order chi connectivity index (χ1) is 15.9. The van der Waals surface area contributed by atoms with Gasteiger partial charge >= 0.3 is 20.7 Å². The molecule has 0 radical (unpaired) electrons. The zero-order chi connectivity index (χ0) is 27.0. The standard InChI is InChI=1S/C11H20O2.C10H20O5Si.C3H5NO/c1-4-11(12)13-9-7-5-6-8-10(2)3;1-9(2)10(11)15-7-6-8-16(12-3,13-4)14-5;1-2-3(4)5/h4,10H,1,5-9H2,2-3H3;1,6-8H2,2-5H3;2H,1H2,(H2,4,5). The number of carbonyl (C=O) groups excluding carboxylic acids is 3. The van der Waals surface area contributed by atoms with Gasteiger partial charge in [0, 0.05) is 39.0 Å². The van der Waals surface area contributed by atoms with E-state index in [0.29, 0.717) is 31.3 Å². The maximum atomic E-state index is 11.1. The number of unbranched alkanes of at least 4 members (excludes halogenated alkanes) is 2. The van der Waals surface area contributed by atoms with Gasteiger partial charge in [-0.3, -0.25) is 4.79 Å². The molecule has 0 aromatic heterocycles. The van der Waals surface area contributed by atoms with Crippen LogP contribution in [-0.2, 0) is 37.1 Å². The van der Waals surface area contributed by atoms with Crippen molar-refractivity contribution >= 4 is 26.7 Å². The fourth-order valence-electron chi connectivity index (χ4n) is 2.20. The molecule has 0 saturated heterocycles. The van der Waals surface area contributed by atoms with E-state index in [2.05, 4.69) is 39.3 Å². The molecule has 0 aromatic rings. The van der Waals surface area contributed by atoms with Crippen LogP contribution in [0.15, 0.2) is 37.5 Å². The van der Waals surface area contributed by atoms with E-state index in [0.717, 1.165) is 24.8 Å². The van der Waals surface area contributed by atoms with Crippen LogP contribution >= 0.6 is 0 Å². The first-order valence-electron chi connectivity index (χ1n) is 11.1. The lowest BCUT2D eigenvalue weighted by atomic mass is 10.1. The Kier molecular flexibility index (Phi) is 25.5. The molecule has 2 N–H and O–H groups in total. The molecule has 0 atom stereocenters. The molecule has 0 aliphatic rings. The van der Waals surface area contributed by atoms with Crippen molar-refractivity contribution in [3.05, 3.63) is 37.5 Å². The van der Waals surface area contributed by atoms with E-state index in [1.165, 1.54) is 18.9 Å². The minimum atomic E-state index is -2.53. The maximum absolute atomic E-state index is 11.1. The second kappa shape index (κ2) is 23.9. The molecule has 0 fully saturated rings. The normalized spacial score (nSPS) is 10.1. The molecule has 34 heavy (non-hydrogen) atoms. The van der Waals surface area contributed by atoms with Crippen molar-refractivity contribution in [1.82, 2.24) is 0 Å². The molecule has 0 spiro atoms. The number of amides is 1. The van der Waals surface area contributed by atoms with Crippen LogP contribution in [0.3, 0.4) is 0 Å². The van der Waals surface area contributed by atoms with Crippen LogP contribution in [0.25, 0.3) is 0 Å². The third-order valence-electron chi connectivity index (χ3n) is 4.18. The molecular weight excluding hydrogens is 458 g/mol. The summed E-state index contributed by atoms with van der Waals surface area (Å²) in [5.41, 5.74) is 4.93. The number of ether oxygens (including phenoxy) is 2. The van der Waals surface area contributed by atoms with E-state index in [1.54, 1.807) is 28.3 Å². The molecule has 9 nitrogen and oxygen atoms in total. The van der Waals surface area contributed by atoms with Crippen molar-refractivity contribution in [3.8, 4) is 0 Å². The van der Waals surface area contributed by atoms with E-state index >= 15 is 0 Å². The second-order valence-corrected chi connectivity index (χ2v) is 10.6. The summed E-state index contributed by atoms with van der Waals surface area (Å²) in [7, 11) is 2.13. The Bertz CT molecular complexity index is 596. The van der Waals surface area contributed by atoms with Crippen molar-refractivity contribution in [3.63, 3.8) is 0 Å². The zero-order valence-electron chi connectivity index (χ0n) is 21.9.